The number of anilines is 1. The molecule has 0 aliphatic heterocycles. The molecule has 1 aromatic carbocycles. The number of rotatable bonds is 3. The van der Waals surface area contributed by atoms with Crippen LogP contribution in [-0.2, 0) is 11.0 Å². The monoisotopic (exact) mass is 349 g/mol. The lowest BCUT2D eigenvalue weighted by Gasteiger charge is -2.36. The third-order valence-electron chi connectivity index (χ3n) is 3.56. The summed E-state index contributed by atoms with van der Waals surface area (Å²) in [6.07, 6.45) is 0. The number of hydrogen-bond acceptors (Lipinski definition) is 2. The maximum Gasteiger partial charge on any atom is 0.192 e. The Morgan fingerprint density at radius 2 is 1.89 bits per heavy atom. The highest BCUT2D eigenvalue weighted by Crippen LogP contribution is 2.38. The minimum absolute atomic E-state index is 0.199. The molecule has 0 radical (unpaired) electrons. The van der Waals surface area contributed by atoms with Crippen molar-refractivity contribution in [3.8, 4) is 0 Å². The fourth-order valence-corrected chi connectivity index (χ4v) is 2.76. The van der Waals surface area contributed by atoms with Gasteiger partial charge in [0.1, 0.15) is 0 Å². The Labute approximate surface area is 124 Å². The first-order valence-corrected chi connectivity index (χ1v) is 10.00. The molecule has 0 fully saturated rings. The molecule has 0 heterocycles. The van der Waals surface area contributed by atoms with Crippen LogP contribution in [0.1, 0.15) is 26.3 Å². The van der Waals surface area contributed by atoms with E-state index in [-0.39, 0.29) is 5.04 Å². The molecule has 0 aliphatic rings. The molecule has 0 bridgehead atoms. The van der Waals surface area contributed by atoms with Gasteiger partial charge in [-0.1, -0.05) is 32.4 Å². The van der Waals surface area contributed by atoms with E-state index in [1.807, 2.05) is 6.07 Å². The average Bonchev–Trinajstić information content (AvgIpc) is 2.20. The van der Waals surface area contributed by atoms with Crippen molar-refractivity contribution >= 4 is 41.5 Å². The highest BCUT2D eigenvalue weighted by Gasteiger charge is 2.37. The smallest absolute Gasteiger partial charge is 0.192 e. The van der Waals surface area contributed by atoms with Crippen LogP contribution in [0.2, 0.25) is 23.2 Å². The molecule has 5 heteroatoms. The SMILES string of the molecule is CC(C)(C)[Si](C)(C)OCc1cc(Br)c(N)cc1Cl. The van der Waals surface area contributed by atoms with Crippen LogP contribution in [0.3, 0.4) is 0 Å². The second-order valence-corrected chi connectivity index (χ2v) is 12.1. The summed E-state index contributed by atoms with van der Waals surface area (Å²) in [5.41, 5.74) is 7.40. The van der Waals surface area contributed by atoms with Gasteiger partial charge in [-0.3, -0.25) is 0 Å². The molecule has 0 saturated heterocycles. The van der Waals surface area contributed by atoms with Crippen LogP contribution >= 0.6 is 27.5 Å². The molecule has 0 spiro atoms. The Hall–Kier alpha value is -0.0331. The van der Waals surface area contributed by atoms with E-state index in [0.29, 0.717) is 17.3 Å². The van der Waals surface area contributed by atoms with Gasteiger partial charge in [0.2, 0.25) is 0 Å². The lowest BCUT2D eigenvalue weighted by Crippen LogP contribution is -2.40. The van der Waals surface area contributed by atoms with E-state index in [1.54, 1.807) is 6.07 Å². The molecule has 1 rings (SSSR count). The molecule has 102 valence electrons. The fraction of sp³-hybridized carbons (Fsp3) is 0.538. The maximum absolute atomic E-state index is 6.18. The van der Waals surface area contributed by atoms with Crippen LogP contribution in [-0.4, -0.2) is 8.32 Å². The summed E-state index contributed by atoms with van der Waals surface area (Å²) in [4.78, 5) is 0. The van der Waals surface area contributed by atoms with E-state index >= 15 is 0 Å². The summed E-state index contributed by atoms with van der Waals surface area (Å²) in [7, 11) is -1.75. The first kappa shape index (κ1) is 16.0. The first-order valence-electron chi connectivity index (χ1n) is 5.92. The lowest BCUT2D eigenvalue weighted by molar-refractivity contribution is 0.276. The standard InChI is InChI=1S/C13H21BrClNOSi/c1-13(2,3)18(4,5)17-8-9-6-10(14)12(16)7-11(9)15/h6-7H,8,16H2,1-5H3. The molecule has 0 saturated carbocycles. The minimum Gasteiger partial charge on any atom is -0.413 e. The summed E-state index contributed by atoms with van der Waals surface area (Å²) in [5, 5.41) is 0.860. The molecule has 0 amide bonds. The van der Waals surface area contributed by atoms with Crippen molar-refractivity contribution < 1.29 is 4.43 Å². The molecule has 0 atom stereocenters. The average molecular weight is 351 g/mol. The van der Waals surface area contributed by atoms with Crippen LogP contribution in [0.4, 0.5) is 5.69 Å². The van der Waals surface area contributed by atoms with Crippen LogP contribution in [0, 0.1) is 0 Å². The molecule has 1 aromatic rings. The van der Waals surface area contributed by atoms with E-state index in [2.05, 4.69) is 49.8 Å². The van der Waals surface area contributed by atoms with Crippen molar-refractivity contribution in [1.29, 1.82) is 0 Å². The van der Waals surface area contributed by atoms with Crippen LogP contribution in [0.25, 0.3) is 0 Å². The van der Waals surface area contributed by atoms with E-state index < -0.39 is 8.32 Å². The summed E-state index contributed by atoms with van der Waals surface area (Å²) in [6, 6.07) is 3.70. The second kappa shape index (κ2) is 5.53. The zero-order chi connectivity index (χ0) is 14.1. The van der Waals surface area contributed by atoms with Gasteiger partial charge in [-0.2, -0.15) is 0 Å². The van der Waals surface area contributed by atoms with E-state index in [1.165, 1.54) is 0 Å². The predicted molar refractivity (Wildman–Crippen MR) is 85.6 cm³/mol. The van der Waals surface area contributed by atoms with Gasteiger partial charge in [0.15, 0.2) is 8.32 Å². The van der Waals surface area contributed by atoms with Crippen LogP contribution in [0.5, 0.6) is 0 Å². The van der Waals surface area contributed by atoms with Crippen molar-refractivity contribution in [1.82, 2.24) is 0 Å². The van der Waals surface area contributed by atoms with Gasteiger partial charge in [0.25, 0.3) is 0 Å². The van der Waals surface area contributed by atoms with Crippen molar-refractivity contribution in [2.45, 2.75) is 45.5 Å². The zero-order valence-corrected chi connectivity index (χ0v) is 14.9. The van der Waals surface area contributed by atoms with E-state index in [4.69, 9.17) is 21.8 Å². The third kappa shape index (κ3) is 3.73. The van der Waals surface area contributed by atoms with Crippen LogP contribution in [0.15, 0.2) is 16.6 Å². The van der Waals surface area contributed by atoms with Gasteiger partial charge >= 0.3 is 0 Å². The second-order valence-electron chi connectivity index (χ2n) is 6.01. The van der Waals surface area contributed by atoms with Gasteiger partial charge < -0.3 is 10.2 Å². The molecule has 0 aliphatic carbocycles. The maximum atomic E-state index is 6.18. The Morgan fingerprint density at radius 1 is 1.33 bits per heavy atom. The Kier molecular flexibility index (Phi) is 4.92. The van der Waals surface area contributed by atoms with Crippen molar-refractivity contribution in [3.63, 3.8) is 0 Å². The minimum atomic E-state index is -1.75. The highest BCUT2D eigenvalue weighted by atomic mass is 79.9. The van der Waals surface area contributed by atoms with Crippen molar-refractivity contribution in [2.24, 2.45) is 0 Å². The molecular weight excluding hydrogens is 330 g/mol. The van der Waals surface area contributed by atoms with E-state index in [0.717, 1.165) is 10.0 Å². The summed E-state index contributed by atoms with van der Waals surface area (Å²) < 4.78 is 7.01. The van der Waals surface area contributed by atoms with Crippen LogP contribution < -0.4 is 5.73 Å². The number of halogens is 2. The fourth-order valence-electron chi connectivity index (χ4n) is 1.19. The largest absolute Gasteiger partial charge is 0.413 e. The van der Waals surface area contributed by atoms with Gasteiger partial charge in [0, 0.05) is 15.2 Å². The Bertz CT molecular complexity index is 443. The van der Waals surface area contributed by atoms with Gasteiger partial charge in [0.05, 0.1) is 6.61 Å². The molecular formula is C13H21BrClNOSi. The van der Waals surface area contributed by atoms with Crippen molar-refractivity contribution in [3.05, 3.63) is 27.2 Å². The molecule has 2 nitrogen and oxygen atoms in total. The predicted octanol–water partition coefficient (Wildman–Crippen LogP) is 5.21. The Balaban J connectivity index is 2.85. The number of nitrogens with two attached hydrogens (primary N) is 1. The first-order chi connectivity index (χ1) is 8.04. The lowest BCUT2D eigenvalue weighted by atomic mass is 10.2. The highest BCUT2D eigenvalue weighted by molar-refractivity contribution is 9.10. The summed E-state index contributed by atoms with van der Waals surface area (Å²) in [5.74, 6) is 0. The van der Waals surface area contributed by atoms with E-state index in [9.17, 15) is 0 Å². The zero-order valence-electron chi connectivity index (χ0n) is 11.6. The number of benzene rings is 1. The molecule has 18 heavy (non-hydrogen) atoms. The summed E-state index contributed by atoms with van der Waals surface area (Å²) >= 11 is 9.59. The number of nitrogen functional groups attached to an aromatic ring is 1. The molecule has 0 unspecified atom stereocenters. The van der Waals surface area contributed by atoms with Gasteiger partial charge in [-0.05, 0) is 51.8 Å². The molecule has 0 aromatic heterocycles. The van der Waals surface area contributed by atoms with Gasteiger partial charge in [-0.25, -0.2) is 0 Å². The quantitative estimate of drug-likeness (QED) is 0.600. The van der Waals surface area contributed by atoms with Crippen molar-refractivity contribution in [2.75, 3.05) is 5.73 Å². The third-order valence-corrected chi connectivity index (χ3v) is 9.08. The topological polar surface area (TPSA) is 35.2 Å². The Morgan fingerprint density at radius 3 is 2.39 bits per heavy atom. The number of hydrogen-bond donors (Lipinski definition) is 1. The van der Waals surface area contributed by atoms with Gasteiger partial charge in [-0.15, -0.1) is 0 Å². The summed E-state index contributed by atoms with van der Waals surface area (Å²) in [6.45, 7) is 11.7. The normalized spacial score (nSPS) is 12.8. The molecule has 2 N–H and O–H groups in total.